The molecule has 1 heterocycles. The number of rotatable bonds is 5. The van der Waals surface area contributed by atoms with E-state index < -0.39 is 0 Å². The normalized spacial score (nSPS) is 21.5. The van der Waals surface area contributed by atoms with E-state index in [1.165, 1.54) is 12.8 Å². The van der Waals surface area contributed by atoms with Gasteiger partial charge in [0.05, 0.1) is 0 Å². The highest BCUT2D eigenvalue weighted by molar-refractivity contribution is 5.85. The van der Waals surface area contributed by atoms with Gasteiger partial charge in [-0.2, -0.15) is 0 Å². The summed E-state index contributed by atoms with van der Waals surface area (Å²) in [6.45, 7) is 9.25. The maximum absolute atomic E-state index is 12.1. The molecule has 17 heavy (non-hydrogen) atoms. The summed E-state index contributed by atoms with van der Waals surface area (Å²) in [7, 11) is 1.90. The highest BCUT2D eigenvalue weighted by Crippen LogP contribution is 2.24. The highest BCUT2D eigenvalue weighted by Gasteiger charge is 2.28. The van der Waals surface area contributed by atoms with Crippen LogP contribution >= 0.6 is 12.4 Å². The third kappa shape index (κ3) is 5.26. The smallest absolute Gasteiger partial charge is 0.226 e. The van der Waals surface area contributed by atoms with Gasteiger partial charge in [0.25, 0.3) is 0 Å². The van der Waals surface area contributed by atoms with Gasteiger partial charge in [0.2, 0.25) is 5.91 Å². The molecular formula is C13H27ClN2O. The van der Waals surface area contributed by atoms with Gasteiger partial charge in [0.15, 0.2) is 0 Å². The van der Waals surface area contributed by atoms with Crippen molar-refractivity contribution in [2.24, 2.45) is 17.8 Å². The summed E-state index contributed by atoms with van der Waals surface area (Å²) >= 11 is 0. The van der Waals surface area contributed by atoms with E-state index in [9.17, 15) is 4.79 Å². The van der Waals surface area contributed by atoms with Crippen LogP contribution in [0.15, 0.2) is 0 Å². The van der Waals surface area contributed by atoms with Crippen molar-refractivity contribution in [1.29, 1.82) is 0 Å². The minimum atomic E-state index is 0. The summed E-state index contributed by atoms with van der Waals surface area (Å²) < 4.78 is 0. The molecule has 0 aliphatic carbocycles. The third-order valence-electron chi connectivity index (χ3n) is 3.33. The predicted molar refractivity (Wildman–Crippen MR) is 74.5 cm³/mol. The summed E-state index contributed by atoms with van der Waals surface area (Å²) in [5.41, 5.74) is 0. The number of carbonyl (C=O) groups is 1. The lowest BCUT2D eigenvalue weighted by atomic mass is 9.97. The lowest BCUT2D eigenvalue weighted by molar-refractivity contribution is -0.133. The molecule has 1 N–H and O–H groups in total. The Morgan fingerprint density at radius 3 is 2.59 bits per heavy atom. The molecule has 0 aromatic carbocycles. The molecule has 0 spiro atoms. The molecule has 102 valence electrons. The van der Waals surface area contributed by atoms with Crippen LogP contribution in [0, 0.1) is 17.8 Å². The molecule has 1 aliphatic heterocycles. The van der Waals surface area contributed by atoms with E-state index in [0.717, 1.165) is 31.5 Å². The average Bonchev–Trinajstić information content (AvgIpc) is 2.64. The van der Waals surface area contributed by atoms with Gasteiger partial charge >= 0.3 is 0 Å². The SMILES string of the molecule is CNCC(C)C(=O)N1CCC(CC(C)C)C1.Cl. The second-order valence-electron chi connectivity index (χ2n) is 5.53. The fourth-order valence-electron chi connectivity index (χ4n) is 2.60. The van der Waals surface area contributed by atoms with Crippen LogP contribution in [0.4, 0.5) is 0 Å². The van der Waals surface area contributed by atoms with Crippen molar-refractivity contribution in [2.75, 3.05) is 26.7 Å². The minimum Gasteiger partial charge on any atom is -0.342 e. The van der Waals surface area contributed by atoms with Gasteiger partial charge in [0.1, 0.15) is 0 Å². The van der Waals surface area contributed by atoms with Crippen molar-refractivity contribution in [3.8, 4) is 0 Å². The molecular weight excluding hydrogens is 236 g/mol. The summed E-state index contributed by atoms with van der Waals surface area (Å²) in [6, 6.07) is 0. The molecule has 0 saturated carbocycles. The van der Waals surface area contributed by atoms with Crippen molar-refractivity contribution in [3.05, 3.63) is 0 Å². The van der Waals surface area contributed by atoms with Crippen LogP contribution in [0.5, 0.6) is 0 Å². The maximum atomic E-state index is 12.1. The van der Waals surface area contributed by atoms with Crippen LogP contribution in [0.1, 0.15) is 33.6 Å². The fraction of sp³-hybridized carbons (Fsp3) is 0.923. The van der Waals surface area contributed by atoms with Crippen molar-refractivity contribution >= 4 is 18.3 Å². The van der Waals surface area contributed by atoms with Gasteiger partial charge in [0, 0.05) is 25.6 Å². The van der Waals surface area contributed by atoms with Crippen LogP contribution in [-0.4, -0.2) is 37.5 Å². The number of carbonyl (C=O) groups excluding carboxylic acids is 1. The molecule has 0 aromatic heterocycles. The van der Waals surface area contributed by atoms with E-state index in [1.54, 1.807) is 0 Å². The molecule has 2 atom stereocenters. The number of nitrogens with one attached hydrogen (secondary N) is 1. The number of hydrogen-bond acceptors (Lipinski definition) is 2. The van der Waals surface area contributed by atoms with E-state index in [2.05, 4.69) is 24.1 Å². The number of halogens is 1. The standard InChI is InChI=1S/C13H26N2O.ClH/c1-10(2)7-12-5-6-15(9-12)13(16)11(3)8-14-4;/h10-12,14H,5-9H2,1-4H3;1H. The molecule has 1 amide bonds. The topological polar surface area (TPSA) is 32.3 Å². The first kappa shape index (κ1) is 16.7. The summed E-state index contributed by atoms with van der Waals surface area (Å²) in [6.07, 6.45) is 2.44. The number of likely N-dealkylation sites (tertiary alicyclic amines) is 1. The quantitative estimate of drug-likeness (QED) is 0.824. The molecule has 0 radical (unpaired) electrons. The fourth-order valence-corrected chi connectivity index (χ4v) is 2.60. The molecule has 3 nitrogen and oxygen atoms in total. The molecule has 1 fully saturated rings. The predicted octanol–water partition coefficient (Wildman–Crippen LogP) is 2.16. The molecule has 1 aliphatic rings. The zero-order valence-corrected chi connectivity index (χ0v) is 12.3. The number of nitrogens with zero attached hydrogens (tertiary/aromatic N) is 1. The lowest BCUT2D eigenvalue weighted by Crippen LogP contribution is -2.37. The van der Waals surface area contributed by atoms with Gasteiger partial charge in [-0.25, -0.2) is 0 Å². The Hall–Kier alpha value is -0.280. The van der Waals surface area contributed by atoms with Crippen LogP contribution in [-0.2, 0) is 4.79 Å². The molecule has 1 rings (SSSR count). The lowest BCUT2D eigenvalue weighted by Gasteiger charge is -2.21. The van der Waals surface area contributed by atoms with E-state index in [0.29, 0.717) is 5.91 Å². The van der Waals surface area contributed by atoms with Crippen molar-refractivity contribution in [3.63, 3.8) is 0 Å². The largest absolute Gasteiger partial charge is 0.342 e. The van der Waals surface area contributed by atoms with Gasteiger partial charge in [-0.1, -0.05) is 20.8 Å². The summed E-state index contributed by atoms with van der Waals surface area (Å²) in [5, 5.41) is 3.07. The van der Waals surface area contributed by atoms with E-state index in [4.69, 9.17) is 0 Å². The monoisotopic (exact) mass is 262 g/mol. The Balaban J connectivity index is 0.00000256. The van der Waals surface area contributed by atoms with Crippen molar-refractivity contribution in [1.82, 2.24) is 10.2 Å². The van der Waals surface area contributed by atoms with Crippen LogP contribution in [0.3, 0.4) is 0 Å². The second-order valence-corrected chi connectivity index (χ2v) is 5.53. The molecule has 1 saturated heterocycles. The zero-order valence-electron chi connectivity index (χ0n) is 11.5. The summed E-state index contributed by atoms with van der Waals surface area (Å²) in [5.74, 6) is 1.91. The maximum Gasteiger partial charge on any atom is 0.226 e. The molecule has 0 bridgehead atoms. The van der Waals surface area contributed by atoms with Crippen molar-refractivity contribution in [2.45, 2.75) is 33.6 Å². The molecule has 0 aromatic rings. The van der Waals surface area contributed by atoms with E-state index >= 15 is 0 Å². The van der Waals surface area contributed by atoms with Gasteiger partial charge in [-0.15, -0.1) is 12.4 Å². The first-order valence-electron chi connectivity index (χ1n) is 6.48. The number of hydrogen-bond donors (Lipinski definition) is 1. The van der Waals surface area contributed by atoms with E-state index in [1.807, 2.05) is 14.0 Å². The Morgan fingerprint density at radius 2 is 2.06 bits per heavy atom. The Kier molecular flexibility index (Phi) is 7.80. The third-order valence-corrected chi connectivity index (χ3v) is 3.33. The van der Waals surface area contributed by atoms with Gasteiger partial charge in [-0.05, 0) is 31.7 Å². The van der Waals surface area contributed by atoms with Crippen LogP contribution in [0.25, 0.3) is 0 Å². The summed E-state index contributed by atoms with van der Waals surface area (Å²) in [4.78, 5) is 14.1. The molecule has 2 unspecified atom stereocenters. The van der Waals surface area contributed by atoms with E-state index in [-0.39, 0.29) is 18.3 Å². The second kappa shape index (κ2) is 7.93. The molecule has 4 heteroatoms. The Bertz CT molecular complexity index is 233. The average molecular weight is 263 g/mol. The minimum absolute atomic E-state index is 0. The van der Waals surface area contributed by atoms with Gasteiger partial charge in [-0.3, -0.25) is 4.79 Å². The van der Waals surface area contributed by atoms with Crippen molar-refractivity contribution < 1.29 is 4.79 Å². The van der Waals surface area contributed by atoms with Crippen LogP contribution < -0.4 is 5.32 Å². The first-order chi connectivity index (χ1) is 7.54. The zero-order chi connectivity index (χ0) is 12.1. The Labute approximate surface area is 112 Å². The number of amides is 1. The van der Waals surface area contributed by atoms with Gasteiger partial charge < -0.3 is 10.2 Å². The first-order valence-corrected chi connectivity index (χ1v) is 6.48. The van der Waals surface area contributed by atoms with Crippen LogP contribution in [0.2, 0.25) is 0 Å². The highest BCUT2D eigenvalue weighted by atomic mass is 35.5. The Morgan fingerprint density at radius 1 is 1.41 bits per heavy atom.